The van der Waals surface area contributed by atoms with E-state index in [4.69, 9.17) is 5.84 Å². The largest absolute Gasteiger partial charge is 0.363 e. The van der Waals surface area contributed by atoms with Crippen molar-refractivity contribution in [1.29, 1.82) is 0 Å². The summed E-state index contributed by atoms with van der Waals surface area (Å²) in [6.07, 6.45) is 4.60. The maximum Gasteiger partial charge on any atom is 0.159 e. The summed E-state index contributed by atoms with van der Waals surface area (Å²) < 4.78 is 0.677. The quantitative estimate of drug-likeness (QED) is 0.569. The Bertz CT molecular complexity index is 490. The van der Waals surface area contributed by atoms with E-state index in [1.165, 1.54) is 12.7 Å². The number of hydrogen-bond acceptors (Lipinski definition) is 7. The summed E-state index contributed by atoms with van der Waals surface area (Å²) in [5, 5.41) is 3.12. The van der Waals surface area contributed by atoms with Crippen molar-refractivity contribution in [2.24, 2.45) is 5.84 Å². The van der Waals surface area contributed by atoms with Gasteiger partial charge in [-0.15, -0.1) is 0 Å². The number of anilines is 2. The zero-order chi connectivity index (χ0) is 12.1. The molecule has 4 N–H and O–H groups in total. The molecular weight excluding hydrogens is 286 g/mol. The molecule has 2 rings (SSSR count). The number of aromatic nitrogens is 4. The van der Waals surface area contributed by atoms with Crippen molar-refractivity contribution in [1.82, 2.24) is 19.9 Å². The Labute approximate surface area is 106 Å². The minimum atomic E-state index is 0.519. The summed E-state index contributed by atoms with van der Waals surface area (Å²) in [5.74, 6) is 6.47. The van der Waals surface area contributed by atoms with Crippen LogP contribution in [0.4, 0.5) is 11.6 Å². The maximum atomic E-state index is 5.31. The number of halogens is 1. The van der Waals surface area contributed by atoms with Gasteiger partial charge in [0.2, 0.25) is 0 Å². The third kappa shape index (κ3) is 2.86. The number of nitrogens with one attached hydrogen (secondary N) is 2. The Balaban J connectivity index is 2.09. The van der Waals surface area contributed by atoms with Crippen LogP contribution in [0.15, 0.2) is 29.4 Å². The average molecular weight is 296 g/mol. The van der Waals surface area contributed by atoms with Crippen molar-refractivity contribution in [3.63, 3.8) is 0 Å². The molecule has 0 atom stereocenters. The normalized spacial score (nSPS) is 10.0. The highest BCUT2D eigenvalue weighted by Crippen LogP contribution is 2.25. The second-order valence-electron chi connectivity index (χ2n) is 3.08. The Morgan fingerprint density at radius 2 is 2.00 bits per heavy atom. The highest BCUT2D eigenvalue weighted by Gasteiger charge is 2.07. The molecule has 0 aromatic carbocycles. The number of nitrogens with two attached hydrogens (primary N) is 1. The minimum Gasteiger partial charge on any atom is -0.363 e. The predicted molar refractivity (Wildman–Crippen MR) is 66.9 cm³/mol. The fourth-order valence-corrected chi connectivity index (χ4v) is 1.65. The van der Waals surface area contributed by atoms with Crippen molar-refractivity contribution < 1.29 is 0 Å². The lowest BCUT2D eigenvalue weighted by molar-refractivity contribution is 0.987. The van der Waals surface area contributed by atoms with E-state index in [-0.39, 0.29) is 0 Å². The van der Waals surface area contributed by atoms with Gasteiger partial charge in [-0.1, -0.05) is 0 Å². The first-order valence-corrected chi connectivity index (χ1v) is 5.56. The van der Waals surface area contributed by atoms with Gasteiger partial charge in [0.25, 0.3) is 0 Å². The first-order chi connectivity index (χ1) is 8.31. The van der Waals surface area contributed by atoms with E-state index in [1.54, 1.807) is 6.20 Å². The highest BCUT2D eigenvalue weighted by molar-refractivity contribution is 9.10. The molecule has 0 aliphatic heterocycles. The van der Waals surface area contributed by atoms with Crippen LogP contribution in [0, 0.1) is 0 Å². The van der Waals surface area contributed by atoms with E-state index in [0.717, 1.165) is 5.69 Å². The average Bonchev–Trinajstić information content (AvgIpc) is 2.39. The molecular formula is C9H10BrN7. The molecule has 0 bridgehead atoms. The van der Waals surface area contributed by atoms with Crippen LogP contribution in [-0.2, 0) is 6.54 Å². The standard InChI is InChI=1S/C9H10BrN7/c10-7-8(15-5-16-9(7)17-11)13-3-6-1-2-12-4-14-6/h1-2,4-5H,3,11H2,(H2,13,15,16,17). The maximum absolute atomic E-state index is 5.31. The molecule has 2 heterocycles. The Hall–Kier alpha value is -1.80. The Morgan fingerprint density at radius 1 is 1.18 bits per heavy atom. The molecule has 0 aliphatic carbocycles. The molecule has 0 unspecified atom stereocenters. The van der Waals surface area contributed by atoms with Gasteiger partial charge in [0, 0.05) is 6.20 Å². The lowest BCUT2D eigenvalue weighted by atomic mass is 10.4. The Kier molecular flexibility index (Phi) is 3.78. The van der Waals surface area contributed by atoms with Crippen LogP contribution in [0.3, 0.4) is 0 Å². The van der Waals surface area contributed by atoms with Gasteiger partial charge in [-0.25, -0.2) is 25.8 Å². The van der Waals surface area contributed by atoms with E-state index >= 15 is 0 Å². The molecule has 17 heavy (non-hydrogen) atoms. The monoisotopic (exact) mass is 295 g/mol. The van der Waals surface area contributed by atoms with Crippen molar-refractivity contribution in [3.8, 4) is 0 Å². The molecule has 0 aliphatic rings. The summed E-state index contributed by atoms with van der Waals surface area (Å²) >= 11 is 3.35. The van der Waals surface area contributed by atoms with Gasteiger partial charge in [-0.05, 0) is 22.0 Å². The SMILES string of the molecule is NNc1ncnc(NCc2ccncn2)c1Br. The summed E-state index contributed by atoms with van der Waals surface area (Å²) in [7, 11) is 0. The van der Waals surface area contributed by atoms with Crippen LogP contribution in [-0.4, -0.2) is 19.9 Å². The third-order valence-electron chi connectivity index (χ3n) is 2.01. The van der Waals surface area contributed by atoms with Crippen LogP contribution >= 0.6 is 15.9 Å². The van der Waals surface area contributed by atoms with E-state index in [2.05, 4.69) is 46.6 Å². The first kappa shape index (κ1) is 11.7. The number of nitrogen functional groups attached to an aromatic ring is 1. The molecule has 0 spiro atoms. The number of hydrogen-bond donors (Lipinski definition) is 3. The van der Waals surface area contributed by atoms with E-state index in [0.29, 0.717) is 22.7 Å². The topological polar surface area (TPSA) is 102 Å². The van der Waals surface area contributed by atoms with Crippen molar-refractivity contribution in [3.05, 3.63) is 35.1 Å². The third-order valence-corrected chi connectivity index (χ3v) is 2.76. The second kappa shape index (κ2) is 5.51. The van der Waals surface area contributed by atoms with Gasteiger partial charge >= 0.3 is 0 Å². The molecule has 0 amide bonds. The summed E-state index contributed by atoms with van der Waals surface area (Å²) in [4.78, 5) is 16.0. The lowest BCUT2D eigenvalue weighted by Gasteiger charge is -2.09. The van der Waals surface area contributed by atoms with Gasteiger partial charge in [-0.2, -0.15) is 0 Å². The second-order valence-corrected chi connectivity index (χ2v) is 3.88. The number of hydrazine groups is 1. The molecule has 88 valence electrons. The van der Waals surface area contributed by atoms with Gasteiger partial charge in [0.05, 0.1) is 12.2 Å². The van der Waals surface area contributed by atoms with Crippen LogP contribution in [0.5, 0.6) is 0 Å². The van der Waals surface area contributed by atoms with Crippen molar-refractivity contribution in [2.75, 3.05) is 10.7 Å². The molecule has 0 saturated heterocycles. The fraction of sp³-hybridized carbons (Fsp3) is 0.111. The molecule has 7 nitrogen and oxygen atoms in total. The molecule has 0 fully saturated rings. The van der Waals surface area contributed by atoms with Crippen LogP contribution in [0.2, 0.25) is 0 Å². The Morgan fingerprint density at radius 3 is 2.71 bits per heavy atom. The van der Waals surface area contributed by atoms with E-state index in [9.17, 15) is 0 Å². The molecule has 2 aromatic rings. The van der Waals surface area contributed by atoms with Gasteiger partial charge in [0.15, 0.2) is 5.82 Å². The van der Waals surface area contributed by atoms with Gasteiger partial charge < -0.3 is 10.7 Å². The molecule has 0 radical (unpaired) electrons. The minimum absolute atomic E-state index is 0.519. The summed E-state index contributed by atoms with van der Waals surface area (Å²) in [6.45, 7) is 0.544. The smallest absolute Gasteiger partial charge is 0.159 e. The number of rotatable bonds is 4. The summed E-state index contributed by atoms with van der Waals surface area (Å²) in [6, 6.07) is 1.82. The lowest BCUT2D eigenvalue weighted by Crippen LogP contribution is -2.11. The zero-order valence-electron chi connectivity index (χ0n) is 8.76. The number of nitrogens with zero attached hydrogens (tertiary/aromatic N) is 4. The molecule has 8 heteroatoms. The molecule has 0 saturated carbocycles. The fourth-order valence-electron chi connectivity index (χ4n) is 1.19. The van der Waals surface area contributed by atoms with Crippen molar-refractivity contribution in [2.45, 2.75) is 6.54 Å². The van der Waals surface area contributed by atoms with Crippen molar-refractivity contribution >= 4 is 27.6 Å². The summed E-state index contributed by atoms with van der Waals surface area (Å²) in [5.41, 5.74) is 3.34. The van der Waals surface area contributed by atoms with Crippen LogP contribution in [0.25, 0.3) is 0 Å². The van der Waals surface area contributed by atoms with E-state index < -0.39 is 0 Å². The predicted octanol–water partition coefficient (Wildman–Crippen LogP) is 0.927. The van der Waals surface area contributed by atoms with Gasteiger partial charge in [-0.3, -0.25) is 0 Å². The van der Waals surface area contributed by atoms with Gasteiger partial charge in [0.1, 0.15) is 22.9 Å². The van der Waals surface area contributed by atoms with Crippen LogP contribution < -0.4 is 16.6 Å². The van der Waals surface area contributed by atoms with Crippen LogP contribution in [0.1, 0.15) is 5.69 Å². The highest BCUT2D eigenvalue weighted by atomic mass is 79.9. The molecule has 2 aromatic heterocycles. The van der Waals surface area contributed by atoms with E-state index in [1.807, 2.05) is 6.07 Å². The zero-order valence-corrected chi connectivity index (χ0v) is 10.3. The first-order valence-electron chi connectivity index (χ1n) is 4.77.